The van der Waals surface area contributed by atoms with Crippen LogP contribution in [0.2, 0.25) is 0 Å². The SMILES string of the molecule is CCC(CC)Nc1c([N+](=O)[O-])cc(C)c(C)c1[N+](=O)[O-].CCc1cccc(C)c1N(C(=O)CCl)C(C)COC. The molecule has 2 aromatic carbocycles. The summed E-state index contributed by atoms with van der Waals surface area (Å²) in [6, 6.07) is 7.39. The summed E-state index contributed by atoms with van der Waals surface area (Å²) >= 11 is 5.76. The molecule has 1 N–H and O–H groups in total. The van der Waals surface area contributed by atoms with Crippen LogP contribution >= 0.6 is 11.6 Å². The van der Waals surface area contributed by atoms with Crippen molar-refractivity contribution in [3.8, 4) is 0 Å². The molecule has 0 spiro atoms. The van der Waals surface area contributed by atoms with Gasteiger partial charge < -0.3 is 15.0 Å². The number of carbonyl (C=O) groups is 1. The molecule has 1 unspecified atom stereocenters. The Kier molecular flexibility index (Phi) is 13.9. The molecule has 0 aliphatic heterocycles. The Morgan fingerprint density at radius 1 is 1.08 bits per heavy atom. The van der Waals surface area contributed by atoms with Crippen LogP contribution in [0.1, 0.15) is 62.8 Å². The number of anilines is 2. The lowest BCUT2D eigenvalue weighted by Gasteiger charge is -2.31. The first kappa shape index (κ1) is 33.8. The van der Waals surface area contributed by atoms with E-state index in [0.29, 0.717) is 17.7 Å². The van der Waals surface area contributed by atoms with Crippen LogP contribution in [0, 0.1) is 41.0 Å². The third-order valence-electron chi connectivity index (χ3n) is 6.68. The molecule has 0 saturated carbocycles. The van der Waals surface area contributed by atoms with Gasteiger partial charge in [-0.25, -0.2) is 0 Å². The van der Waals surface area contributed by atoms with Crippen LogP contribution in [0.4, 0.5) is 22.7 Å². The van der Waals surface area contributed by atoms with Gasteiger partial charge in [-0.1, -0.05) is 39.0 Å². The van der Waals surface area contributed by atoms with E-state index in [1.807, 2.05) is 39.8 Å². The molecule has 0 heterocycles. The standard InChI is InChI=1S/C15H22ClNO2.C13H19N3O4/c1-5-13-8-6-7-11(2)15(13)17(14(18)9-16)12(3)10-19-4;1-5-10(6-2)14-12-11(15(17)18)7-8(3)9(4)13(12)16(19)20/h6-8,12H,5,9-10H2,1-4H3;7,10,14H,5-6H2,1-4H3. The predicted octanol–water partition coefficient (Wildman–Crippen LogP) is 6.88. The molecule has 0 aromatic heterocycles. The number of nitrogens with one attached hydrogen (secondary N) is 1. The number of amides is 1. The number of para-hydroxylation sites is 1. The van der Waals surface area contributed by atoms with E-state index in [1.54, 1.807) is 25.9 Å². The summed E-state index contributed by atoms with van der Waals surface area (Å²) in [6.45, 7) is 13.7. The Morgan fingerprint density at radius 2 is 1.69 bits per heavy atom. The number of alkyl halides is 1. The van der Waals surface area contributed by atoms with Crippen LogP contribution in [-0.4, -0.2) is 47.4 Å². The number of methoxy groups -OCH3 is 1. The summed E-state index contributed by atoms with van der Waals surface area (Å²) in [5.74, 6) is -0.110. The lowest BCUT2D eigenvalue weighted by molar-refractivity contribution is -0.392. The van der Waals surface area contributed by atoms with Gasteiger partial charge in [0, 0.05) is 24.8 Å². The van der Waals surface area contributed by atoms with Crippen molar-refractivity contribution in [1.29, 1.82) is 0 Å². The zero-order valence-electron chi connectivity index (χ0n) is 24.2. The quantitative estimate of drug-likeness (QED) is 0.169. The number of benzene rings is 2. The third-order valence-corrected chi connectivity index (χ3v) is 6.91. The molecular formula is C28H41ClN4O6. The Labute approximate surface area is 236 Å². The molecule has 0 radical (unpaired) electrons. The Hall–Kier alpha value is -3.24. The zero-order valence-corrected chi connectivity index (χ0v) is 24.9. The number of hydrogen-bond donors (Lipinski definition) is 1. The van der Waals surface area contributed by atoms with Gasteiger partial charge in [-0.3, -0.25) is 25.0 Å². The maximum atomic E-state index is 12.2. The van der Waals surface area contributed by atoms with Gasteiger partial charge in [-0.15, -0.1) is 11.6 Å². The molecule has 2 rings (SSSR count). The number of nitro groups is 2. The average Bonchev–Trinajstić information content (AvgIpc) is 2.89. The molecule has 216 valence electrons. The predicted molar refractivity (Wildman–Crippen MR) is 157 cm³/mol. The highest BCUT2D eigenvalue weighted by Crippen LogP contribution is 2.39. The van der Waals surface area contributed by atoms with Crippen LogP contribution in [-0.2, 0) is 16.0 Å². The number of halogens is 1. The molecule has 2 aromatic rings. The van der Waals surface area contributed by atoms with Gasteiger partial charge >= 0.3 is 5.69 Å². The molecule has 0 saturated heterocycles. The first-order valence-electron chi connectivity index (χ1n) is 13.0. The molecule has 0 fully saturated rings. The first-order chi connectivity index (χ1) is 18.4. The van der Waals surface area contributed by atoms with Crippen molar-refractivity contribution in [1.82, 2.24) is 0 Å². The maximum Gasteiger partial charge on any atom is 0.302 e. The number of ether oxygens (including phenoxy) is 1. The van der Waals surface area contributed by atoms with Crippen LogP contribution < -0.4 is 10.2 Å². The number of carbonyl (C=O) groups excluding carboxylic acids is 1. The average molecular weight is 565 g/mol. The second kappa shape index (κ2) is 16.0. The fourth-order valence-electron chi connectivity index (χ4n) is 4.41. The Balaban J connectivity index is 0.000000391. The van der Waals surface area contributed by atoms with Crippen molar-refractivity contribution in [2.75, 3.05) is 29.8 Å². The number of rotatable bonds is 12. The van der Waals surface area contributed by atoms with Gasteiger partial charge in [-0.05, 0) is 63.6 Å². The lowest BCUT2D eigenvalue weighted by atomic mass is 10.0. The van der Waals surface area contributed by atoms with Crippen molar-refractivity contribution in [3.63, 3.8) is 0 Å². The fourth-order valence-corrected chi connectivity index (χ4v) is 4.54. The minimum absolute atomic E-state index is 0.0109. The molecule has 11 heteroatoms. The summed E-state index contributed by atoms with van der Waals surface area (Å²) in [6.07, 6.45) is 2.35. The summed E-state index contributed by atoms with van der Waals surface area (Å²) in [5.41, 5.74) is 3.77. The van der Waals surface area contributed by atoms with Crippen LogP contribution in [0.5, 0.6) is 0 Å². The van der Waals surface area contributed by atoms with Crippen molar-refractivity contribution in [3.05, 3.63) is 66.7 Å². The first-order valence-corrected chi connectivity index (χ1v) is 13.6. The number of hydrogen-bond acceptors (Lipinski definition) is 7. The highest BCUT2D eigenvalue weighted by Gasteiger charge is 2.30. The van der Waals surface area contributed by atoms with Crippen molar-refractivity contribution < 1.29 is 19.4 Å². The Bertz CT molecular complexity index is 1150. The van der Waals surface area contributed by atoms with Crippen LogP contribution in [0.15, 0.2) is 24.3 Å². The number of nitrogens with zero attached hydrogens (tertiary/aromatic N) is 3. The largest absolute Gasteiger partial charge is 0.383 e. The smallest absolute Gasteiger partial charge is 0.302 e. The van der Waals surface area contributed by atoms with Gasteiger partial charge in [0.25, 0.3) is 5.69 Å². The summed E-state index contributed by atoms with van der Waals surface area (Å²) in [4.78, 5) is 35.3. The second-order valence-electron chi connectivity index (χ2n) is 9.37. The molecule has 0 aliphatic carbocycles. The highest BCUT2D eigenvalue weighted by atomic mass is 35.5. The van der Waals surface area contributed by atoms with Crippen molar-refractivity contribution in [2.45, 2.75) is 79.8 Å². The van der Waals surface area contributed by atoms with E-state index < -0.39 is 9.85 Å². The molecule has 1 atom stereocenters. The van der Waals surface area contributed by atoms with Crippen LogP contribution in [0.25, 0.3) is 0 Å². The molecule has 10 nitrogen and oxygen atoms in total. The lowest BCUT2D eigenvalue weighted by Crippen LogP contribution is -2.43. The summed E-state index contributed by atoms with van der Waals surface area (Å²) in [5, 5.41) is 25.4. The number of aryl methyl sites for hydroxylation is 3. The minimum Gasteiger partial charge on any atom is -0.383 e. The third kappa shape index (κ3) is 8.63. The van der Waals surface area contributed by atoms with E-state index in [1.165, 1.54) is 6.07 Å². The van der Waals surface area contributed by atoms with Crippen LogP contribution in [0.3, 0.4) is 0 Å². The van der Waals surface area contributed by atoms with E-state index in [4.69, 9.17) is 16.3 Å². The molecular weight excluding hydrogens is 524 g/mol. The van der Waals surface area contributed by atoms with Gasteiger partial charge in [0.2, 0.25) is 5.91 Å². The molecule has 1 amide bonds. The highest BCUT2D eigenvalue weighted by molar-refractivity contribution is 6.29. The minimum atomic E-state index is -0.579. The van der Waals surface area contributed by atoms with E-state index in [9.17, 15) is 25.0 Å². The van der Waals surface area contributed by atoms with Gasteiger partial charge in [-0.2, -0.15) is 0 Å². The van der Waals surface area contributed by atoms with Gasteiger partial charge in [0.1, 0.15) is 5.88 Å². The molecule has 0 bridgehead atoms. The van der Waals surface area contributed by atoms with E-state index in [0.717, 1.165) is 36.1 Å². The normalized spacial score (nSPS) is 11.4. The summed E-state index contributed by atoms with van der Waals surface area (Å²) < 4.78 is 5.18. The maximum absolute atomic E-state index is 12.2. The second-order valence-corrected chi connectivity index (χ2v) is 9.64. The van der Waals surface area contributed by atoms with Gasteiger partial charge in [0.15, 0.2) is 5.69 Å². The van der Waals surface area contributed by atoms with Gasteiger partial charge in [0.05, 0.1) is 28.2 Å². The van der Waals surface area contributed by atoms with Crippen molar-refractivity contribution in [2.24, 2.45) is 0 Å². The number of nitro benzene ring substituents is 2. The van der Waals surface area contributed by atoms with E-state index in [-0.39, 0.29) is 40.9 Å². The Morgan fingerprint density at radius 3 is 2.15 bits per heavy atom. The fraction of sp³-hybridized carbons (Fsp3) is 0.536. The van der Waals surface area contributed by atoms with E-state index in [2.05, 4.69) is 18.3 Å². The van der Waals surface area contributed by atoms with E-state index >= 15 is 0 Å². The zero-order chi connectivity index (χ0) is 29.9. The molecule has 39 heavy (non-hydrogen) atoms. The topological polar surface area (TPSA) is 128 Å². The molecule has 0 aliphatic rings. The monoisotopic (exact) mass is 564 g/mol. The van der Waals surface area contributed by atoms with Crippen molar-refractivity contribution >= 4 is 40.3 Å². The summed E-state index contributed by atoms with van der Waals surface area (Å²) in [7, 11) is 1.64.